The van der Waals surface area contributed by atoms with Crippen LogP contribution in [0.25, 0.3) is 0 Å². The standard InChI is InChI=1S/C18H26N4/c1-3-6-17-15-8-5-4-7-14(15)16(13-19)18(20-17)22-11-9-21(2)10-12-22/h3-12H2,1-2H3. The second kappa shape index (κ2) is 6.66. The number of rotatable bonds is 3. The Morgan fingerprint density at radius 1 is 1.09 bits per heavy atom. The van der Waals surface area contributed by atoms with Gasteiger partial charge in [-0.2, -0.15) is 5.26 Å². The highest BCUT2D eigenvalue weighted by Gasteiger charge is 2.25. The van der Waals surface area contributed by atoms with E-state index in [0.29, 0.717) is 0 Å². The van der Waals surface area contributed by atoms with E-state index in [-0.39, 0.29) is 0 Å². The normalized spacial score (nSPS) is 18.9. The molecular formula is C18H26N4. The van der Waals surface area contributed by atoms with Gasteiger partial charge in [0.25, 0.3) is 0 Å². The minimum absolute atomic E-state index is 0.860. The Morgan fingerprint density at radius 2 is 1.77 bits per heavy atom. The molecule has 1 aliphatic heterocycles. The van der Waals surface area contributed by atoms with Gasteiger partial charge in [0.1, 0.15) is 11.9 Å². The lowest BCUT2D eigenvalue weighted by atomic mass is 9.86. The van der Waals surface area contributed by atoms with Crippen LogP contribution in [-0.2, 0) is 19.3 Å². The molecule has 1 aromatic heterocycles. The molecule has 4 heteroatoms. The minimum atomic E-state index is 0.860. The molecule has 2 heterocycles. The van der Waals surface area contributed by atoms with Gasteiger partial charge < -0.3 is 9.80 Å². The van der Waals surface area contributed by atoms with Crippen molar-refractivity contribution in [2.24, 2.45) is 0 Å². The van der Waals surface area contributed by atoms with Gasteiger partial charge in [0.05, 0.1) is 5.56 Å². The number of likely N-dealkylation sites (N-methyl/N-ethyl adjacent to an activating group) is 1. The van der Waals surface area contributed by atoms with E-state index in [0.717, 1.165) is 63.2 Å². The zero-order valence-electron chi connectivity index (χ0n) is 13.9. The maximum atomic E-state index is 9.75. The lowest BCUT2D eigenvalue weighted by molar-refractivity contribution is 0.312. The maximum absolute atomic E-state index is 9.75. The Kier molecular flexibility index (Phi) is 4.63. The third-order valence-corrected chi connectivity index (χ3v) is 4.98. The summed E-state index contributed by atoms with van der Waals surface area (Å²) in [6, 6.07) is 2.48. The summed E-state index contributed by atoms with van der Waals surface area (Å²) in [5.74, 6) is 0.958. The highest BCUT2D eigenvalue weighted by atomic mass is 15.3. The molecule has 4 nitrogen and oxygen atoms in total. The topological polar surface area (TPSA) is 43.2 Å². The number of pyridine rings is 1. The number of piperazine rings is 1. The van der Waals surface area contributed by atoms with Gasteiger partial charge in [0.2, 0.25) is 0 Å². The van der Waals surface area contributed by atoms with E-state index >= 15 is 0 Å². The molecule has 1 fully saturated rings. The number of hydrogen-bond acceptors (Lipinski definition) is 4. The summed E-state index contributed by atoms with van der Waals surface area (Å²) in [5, 5.41) is 9.75. The molecule has 0 spiro atoms. The highest BCUT2D eigenvalue weighted by molar-refractivity contribution is 5.62. The van der Waals surface area contributed by atoms with E-state index in [9.17, 15) is 5.26 Å². The molecule has 3 rings (SSSR count). The Hall–Kier alpha value is -1.60. The summed E-state index contributed by atoms with van der Waals surface area (Å²) in [4.78, 5) is 9.65. The predicted molar refractivity (Wildman–Crippen MR) is 89.3 cm³/mol. The third kappa shape index (κ3) is 2.83. The summed E-state index contributed by atoms with van der Waals surface area (Å²) in [5.41, 5.74) is 4.81. The van der Waals surface area contributed by atoms with Gasteiger partial charge >= 0.3 is 0 Å². The zero-order chi connectivity index (χ0) is 15.5. The number of aromatic nitrogens is 1. The highest BCUT2D eigenvalue weighted by Crippen LogP contribution is 2.32. The number of fused-ring (bicyclic) bond motifs is 1. The number of aryl methyl sites for hydroxylation is 1. The molecule has 1 aliphatic carbocycles. The van der Waals surface area contributed by atoms with E-state index in [2.05, 4.69) is 29.8 Å². The van der Waals surface area contributed by atoms with Crippen molar-refractivity contribution in [3.8, 4) is 6.07 Å². The molecule has 0 N–H and O–H groups in total. The van der Waals surface area contributed by atoms with Crippen LogP contribution in [-0.4, -0.2) is 43.1 Å². The zero-order valence-corrected chi connectivity index (χ0v) is 13.9. The van der Waals surface area contributed by atoms with Crippen molar-refractivity contribution in [1.82, 2.24) is 9.88 Å². The van der Waals surface area contributed by atoms with E-state index in [1.807, 2.05) is 0 Å². The van der Waals surface area contributed by atoms with Gasteiger partial charge in [-0.3, -0.25) is 0 Å². The third-order valence-electron chi connectivity index (χ3n) is 4.98. The largest absolute Gasteiger partial charge is 0.353 e. The first-order valence-electron chi connectivity index (χ1n) is 8.62. The summed E-state index contributed by atoms with van der Waals surface area (Å²) in [7, 11) is 2.16. The summed E-state index contributed by atoms with van der Waals surface area (Å²) in [6.07, 6.45) is 6.76. The molecule has 0 radical (unpaired) electrons. The van der Waals surface area contributed by atoms with Crippen LogP contribution in [0.1, 0.15) is 48.6 Å². The molecule has 1 saturated heterocycles. The Balaban J connectivity index is 2.05. The van der Waals surface area contributed by atoms with Crippen LogP contribution in [0.3, 0.4) is 0 Å². The first-order valence-corrected chi connectivity index (χ1v) is 8.62. The van der Waals surface area contributed by atoms with Crippen LogP contribution in [0.15, 0.2) is 0 Å². The summed E-state index contributed by atoms with van der Waals surface area (Å²) < 4.78 is 0. The van der Waals surface area contributed by atoms with E-state index in [1.54, 1.807) is 0 Å². The van der Waals surface area contributed by atoms with Crippen molar-refractivity contribution in [1.29, 1.82) is 5.26 Å². The van der Waals surface area contributed by atoms with Crippen LogP contribution < -0.4 is 4.90 Å². The van der Waals surface area contributed by atoms with E-state index in [1.165, 1.54) is 29.7 Å². The van der Waals surface area contributed by atoms with Gasteiger partial charge in [-0.25, -0.2) is 4.98 Å². The lowest BCUT2D eigenvalue weighted by Crippen LogP contribution is -2.45. The first-order chi connectivity index (χ1) is 10.7. The van der Waals surface area contributed by atoms with Gasteiger partial charge in [0, 0.05) is 31.9 Å². The van der Waals surface area contributed by atoms with Crippen LogP contribution >= 0.6 is 0 Å². The fraction of sp³-hybridized carbons (Fsp3) is 0.667. The van der Waals surface area contributed by atoms with Crippen molar-refractivity contribution >= 4 is 5.82 Å². The quantitative estimate of drug-likeness (QED) is 0.860. The van der Waals surface area contributed by atoms with Crippen LogP contribution in [0, 0.1) is 11.3 Å². The van der Waals surface area contributed by atoms with Crippen molar-refractivity contribution < 1.29 is 0 Å². The molecule has 0 aromatic carbocycles. The Labute approximate surface area is 133 Å². The molecule has 0 bridgehead atoms. The molecular weight excluding hydrogens is 272 g/mol. The number of nitrogens with zero attached hydrogens (tertiary/aromatic N) is 4. The van der Waals surface area contributed by atoms with Crippen LogP contribution in [0.2, 0.25) is 0 Å². The second-order valence-electron chi connectivity index (χ2n) is 6.57. The van der Waals surface area contributed by atoms with Crippen molar-refractivity contribution in [3.05, 3.63) is 22.4 Å². The molecule has 22 heavy (non-hydrogen) atoms. The van der Waals surface area contributed by atoms with Crippen LogP contribution in [0.5, 0.6) is 0 Å². The van der Waals surface area contributed by atoms with E-state index < -0.39 is 0 Å². The summed E-state index contributed by atoms with van der Waals surface area (Å²) >= 11 is 0. The fourth-order valence-corrected chi connectivity index (χ4v) is 3.69. The van der Waals surface area contributed by atoms with E-state index in [4.69, 9.17) is 4.98 Å². The minimum Gasteiger partial charge on any atom is -0.353 e. The van der Waals surface area contributed by atoms with Gasteiger partial charge in [-0.15, -0.1) is 0 Å². The average molecular weight is 298 g/mol. The molecule has 1 aromatic rings. The summed E-state index contributed by atoms with van der Waals surface area (Å²) in [6.45, 7) is 6.26. The molecule has 118 valence electrons. The smallest absolute Gasteiger partial charge is 0.147 e. The molecule has 0 unspecified atom stereocenters. The van der Waals surface area contributed by atoms with Crippen molar-refractivity contribution in [2.75, 3.05) is 38.1 Å². The monoisotopic (exact) mass is 298 g/mol. The number of nitriles is 1. The van der Waals surface area contributed by atoms with Crippen molar-refractivity contribution in [2.45, 2.75) is 45.4 Å². The van der Waals surface area contributed by atoms with Crippen LogP contribution in [0.4, 0.5) is 5.82 Å². The van der Waals surface area contributed by atoms with Gasteiger partial charge in [0.15, 0.2) is 0 Å². The fourth-order valence-electron chi connectivity index (χ4n) is 3.69. The van der Waals surface area contributed by atoms with Gasteiger partial charge in [-0.1, -0.05) is 13.3 Å². The lowest BCUT2D eigenvalue weighted by Gasteiger charge is -2.35. The molecule has 2 aliphatic rings. The molecule has 0 amide bonds. The Bertz CT molecular complexity index is 580. The molecule has 0 atom stereocenters. The van der Waals surface area contributed by atoms with Gasteiger partial charge in [-0.05, 0) is 50.3 Å². The number of hydrogen-bond donors (Lipinski definition) is 0. The Morgan fingerprint density at radius 3 is 2.41 bits per heavy atom. The first kappa shape index (κ1) is 15.3. The SMILES string of the molecule is CCCc1nc(N2CCN(C)CC2)c(C#N)c2c1CCCC2. The average Bonchev–Trinajstić information content (AvgIpc) is 2.55. The van der Waals surface area contributed by atoms with Crippen molar-refractivity contribution in [3.63, 3.8) is 0 Å². The maximum Gasteiger partial charge on any atom is 0.147 e. The number of anilines is 1. The second-order valence-corrected chi connectivity index (χ2v) is 6.57. The predicted octanol–water partition coefficient (Wildman–Crippen LogP) is 2.54. The molecule has 0 saturated carbocycles.